The number of amides is 1. The number of aromatic amines is 1. The molecule has 25 heavy (non-hydrogen) atoms. The molecule has 0 saturated heterocycles. The highest BCUT2D eigenvalue weighted by molar-refractivity contribution is 5.85. The van der Waals surface area contributed by atoms with Gasteiger partial charge in [0.05, 0.1) is 12.2 Å². The van der Waals surface area contributed by atoms with Crippen molar-refractivity contribution in [2.45, 2.75) is 32.6 Å². The van der Waals surface area contributed by atoms with Crippen LogP contribution in [-0.4, -0.2) is 33.5 Å². The summed E-state index contributed by atoms with van der Waals surface area (Å²) in [5.74, 6) is -2.76. The van der Waals surface area contributed by atoms with Gasteiger partial charge in [-0.25, -0.2) is 4.98 Å². The summed E-state index contributed by atoms with van der Waals surface area (Å²) in [5, 5.41) is 12.6. The summed E-state index contributed by atoms with van der Waals surface area (Å²) in [6.07, 6.45) is 4.59. The predicted octanol–water partition coefficient (Wildman–Crippen LogP) is 2.60. The Balaban J connectivity index is 2.04. The van der Waals surface area contributed by atoms with Gasteiger partial charge >= 0.3 is 5.97 Å². The minimum Gasteiger partial charge on any atom is -0.481 e. The van der Waals surface area contributed by atoms with Crippen LogP contribution in [0.3, 0.4) is 0 Å². The number of carboxylic acids is 1. The first-order valence-electron chi connectivity index (χ1n) is 8.57. The molecule has 3 N–H and O–H groups in total. The number of hydrogen-bond acceptors (Lipinski definition) is 3. The highest BCUT2D eigenvalue weighted by Crippen LogP contribution is 2.33. The molecule has 0 bridgehead atoms. The van der Waals surface area contributed by atoms with Crippen LogP contribution in [0, 0.1) is 11.8 Å². The van der Waals surface area contributed by atoms with Gasteiger partial charge in [-0.15, -0.1) is 0 Å². The van der Waals surface area contributed by atoms with E-state index in [2.05, 4.69) is 15.3 Å². The molecule has 0 fully saturated rings. The Hall–Kier alpha value is -2.63. The van der Waals surface area contributed by atoms with Gasteiger partial charge in [0.1, 0.15) is 0 Å². The molecule has 1 heterocycles. The number of carbonyl (C=O) groups excluding carboxylic acids is 1. The Morgan fingerprint density at radius 3 is 2.56 bits per heavy atom. The highest BCUT2D eigenvalue weighted by atomic mass is 16.4. The molecule has 3 atom stereocenters. The molecule has 6 nitrogen and oxygen atoms in total. The van der Waals surface area contributed by atoms with E-state index in [0.29, 0.717) is 19.4 Å². The van der Waals surface area contributed by atoms with Crippen molar-refractivity contribution in [1.82, 2.24) is 15.3 Å². The van der Waals surface area contributed by atoms with Crippen molar-refractivity contribution in [3.8, 4) is 0 Å². The summed E-state index contributed by atoms with van der Waals surface area (Å²) in [4.78, 5) is 31.3. The molecular formula is C19H25N3O3. The van der Waals surface area contributed by atoms with E-state index in [1.54, 1.807) is 19.4 Å². The molecule has 2 aromatic rings. The summed E-state index contributed by atoms with van der Waals surface area (Å²) in [5.41, 5.74) is 1.88. The van der Waals surface area contributed by atoms with E-state index in [-0.39, 0.29) is 11.8 Å². The smallest absolute Gasteiger partial charge is 0.307 e. The molecule has 0 aliphatic rings. The van der Waals surface area contributed by atoms with Crippen LogP contribution in [0.2, 0.25) is 0 Å². The molecule has 0 saturated carbocycles. The van der Waals surface area contributed by atoms with Gasteiger partial charge < -0.3 is 15.4 Å². The van der Waals surface area contributed by atoms with Crippen LogP contribution in [0.4, 0.5) is 0 Å². The fourth-order valence-electron chi connectivity index (χ4n) is 3.20. The fourth-order valence-corrected chi connectivity index (χ4v) is 3.20. The van der Waals surface area contributed by atoms with Gasteiger partial charge in [-0.05, 0) is 17.9 Å². The van der Waals surface area contributed by atoms with Gasteiger partial charge in [-0.2, -0.15) is 0 Å². The van der Waals surface area contributed by atoms with Crippen molar-refractivity contribution in [1.29, 1.82) is 0 Å². The first-order valence-corrected chi connectivity index (χ1v) is 8.57. The van der Waals surface area contributed by atoms with Crippen LogP contribution in [0.1, 0.15) is 37.4 Å². The van der Waals surface area contributed by atoms with Crippen LogP contribution in [0.25, 0.3) is 0 Å². The molecule has 0 aliphatic carbocycles. The molecule has 0 spiro atoms. The van der Waals surface area contributed by atoms with Crippen molar-refractivity contribution in [2.24, 2.45) is 11.8 Å². The van der Waals surface area contributed by atoms with Gasteiger partial charge in [-0.3, -0.25) is 9.59 Å². The maximum atomic E-state index is 12.5. The van der Waals surface area contributed by atoms with Crippen LogP contribution >= 0.6 is 0 Å². The van der Waals surface area contributed by atoms with E-state index in [1.165, 1.54) is 0 Å². The Kier molecular flexibility index (Phi) is 6.74. The number of benzene rings is 1. The second-order valence-electron chi connectivity index (χ2n) is 6.20. The first kappa shape index (κ1) is 18.7. The van der Waals surface area contributed by atoms with Gasteiger partial charge in [0.2, 0.25) is 5.91 Å². The largest absolute Gasteiger partial charge is 0.481 e. The Labute approximate surface area is 147 Å². The van der Waals surface area contributed by atoms with Gasteiger partial charge in [0.15, 0.2) is 0 Å². The van der Waals surface area contributed by atoms with Crippen molar-refractivity contribution in [2.75, 3.05) is 6.54 Å². The summed E-state index contributed by atoms with van der Waals surface area (Å²) in [6, 6.07) is 9.54. The lowest BCUT2D eigenvalue weighted by atomic mass is 9.76. The van der Waals surface area contributed by atoms with E-state index in [9.17, 15) is 14.7 Å². The quantitative estimate of drug-likeness (QED) is 0.652. The third kappa shape index (κ3) is 4.92. The van der Waals surface area contributed by atoms with Crippen LogP contribution in [0.5, 0.6) is 0 Å². The SMILES string of the molecule is CCC(c1ccccc1)C(C(=O)O)C(C)C(=O)NCCc1cnc[nH]1. The molecule has 6 heteroatoms. The number of nitrogens with one attached hydrogen (secondary N) is 2. The third-order valence-corrected chi connectivity index (χ3v) is 4.59. The zero-order valence-corrected chi connectivity index (χ0v) is 14.6. The number of carbonyl (C=O) groups is 2. The molecule has 134 valence electrons. The summed E-state index contributed by atoms with van der Waals surface area (Å²) < 4.78 is 0. The van der Waals surface area contributed by atoms with Gasteiger partial charge in [0, 0.05) is 30.8 Å². The molecule has 1 aromatic carbocycles. The maximum Gasteiger partial charge on any atom is 0.307 e. The summed E-state index contributed by atoms with van der Waals surface area (Å²) >= 11 is 0. The molecule has 0 radical (unpaired) electrons. The fraction of sp³-hybridized carbons (Fsp3) is 0.421. The first-order chi connectivity index (χ1) is 12.0. The molecule has 3 unspecified atom stereocenters. The second kappa shape index (κ2) is 9.01. The Morgan fingerprint density at radius 2 is 2.00 bits per heavy atom. The zero-order valence-electron chi connectivity index (χ0n) is 14.6. The third-order valence-electron chi connectivity index (χ3n) is 4.59. The van der Waals surface area contributed by atoms with Crippen molar-refractivity contribution in [3.63, 3.8) is 0 Å². The number of carboxylic acid groups (broad SMARTS) is 1. The molecule has 0 aliphatic heterocycles. The number of imidazole rings is 1. The summed E-state index contributed by atoms with van der Waals surface area (Å²) in [6.45, 7) is 4.09. The zero-order chi connectivity index (χ0) is 18.2. The van der Waals surface area contributed by atoms with E-state index >= 15 is 0 Å². The minimum atomic E-state index is -0.938. The van der Waals surface area contributed by atoms with E-state index in [1.807, 2.05) is 37.3 Å². The lowest BCUT2D eigenvalue weighted by Crippen LogP contribution is -2.39. The topological polar surface area (TPSA) is 95.1 Å². The molecular weight excluding hydrogens is 318 g/mol. The predicted molar refractivity (Wildman–Crippen MR) is 95.1 cm³/mol. The lowest BCUT2D eigenvalue weighted by molar-refractivity contribution is -0.148. The average molecular weight is 343 g/mol. The van der Waals surface area contributed by atoms with Crippen LogP contribution in [0.15, 0.2) is 42.9 Å². The number of rotatable bonds is 9. The summed E-state index contributed by atoms with van der Waals surface area (Å²) in [7, 11) is 0. The lowest BCUT2D eigenvalue weighted by Gasteiger charge is -2.27. The van der Waals surface area contributed by atoms with E-state index in [0.717, 1.165) is 11.3 Å². The number of aliphatic carboxylic acids is 1. The standard InChI is InChI=1S/C19H25N3O3/c1-3-16(14-7-5-4-6-8-14)17(19(24)25)13(2)18(23)21-10-9-15-11-20-12-22-15/h4-8,11-13,16-17H,3,9-10H2,1-2H3,(H,20,22)(H,21,23)(H,24,25). The van der Waals surface area contributed by atoms with Crippen molar-refractivity contribution >= 4 is 11.9 Å². The molecule has 2 rings (SSSR count). The van der Waals surface area contributed by atoms with Crippen molar-refractivity contribution in [3.05, 3.63) is 54.1 Å². The van der Waals surface area contributed by atoms with Crippen LogP contribution in [-0.2, 0) is 16.0 Å². The highest BCUT2D eigenvalue weighted by Gasteiger charge is 2.36. The van der Waals surface area contributed by atoms with Crippen molar-refractivity contribution < 1.29 is 14.7 Å². The Morgan fingerprint density at radius 1 is 1.28 bits per heavy atom. The second-order valence-corrected chi connectivity index (χ2v) is 6.20. The van der Waals surface area contributed by atoms with E-state index < -0.39 is 17.8 Å². The molecule has 1 amide bonds. The number of aromatic nitrogens is 2. The number of nitrogens with zero attached hydrogens (tertiary/aromatic N) is 1. The average Bonchev–Trinajstić information content (AvgIpc) is 3.12. The number of hydrogen-bond donors (Lipinski definition) is 3. The van der Waals surface area contributed by atoms with Gasteiger partial charge in [-0.1, -0.05) is 44.2 Å². The van der Waals surface area contributed by atoms with E-state index in [4.69, 9.17) is 0 Å². The minimum absolute atomic E-state index is 0.202. The Bertz CT molecular complexity index is 670. The monoisotopic (exact) mass is 343 g/mol. The maximum absolute atomic E-state index is 12.5. The van der Waals surface area contributed by atoms with Crippen LogP contribution < -0.4 is 5.32 Å². The molecule has 1 aromatic heterocycles. The number of H-pyrrole nitrogens is 1. The van der Waals surface area contributed by atoms with Gasteiger partial charge in [0.25, 0.3) is 0 Å². The normalized spacial score (nSPS) is 14.5.